The van der Waals surface area contributed by atoms with Gasteiger partial charge in [-0.25, -0.2) is 0 Å². The number of likely N-dealkylation sites (N-methyl/N-ethyl adjacent to an activating group) is 1. The number of hydrogen-bond donors (Lipinski definition) is 0. The Morgan fingerprint density at radius 1 is 1.40 bits per heavy atom. The molecular weight excluding hydrogens is 426 g/mol. The van der Waals surface area contributed by atoms with Crippen molar-refractivity contribution in [2.75, 3.05) is 13.7 Å². The van der Waals surface area contributed by atoms with E-state index >= 15 is 0 Å². The van der Waals surface area contributed by atoms with Crippen LogP contribution in [-0.2, 0) is 4.79 Å². The van der Waals surface area contributed by atoms with E-state index in [0.29, 0.717) is 15.8 Å². The normalized spacial score (nSPS) is 17.2. The van der Waals surface area contributed by atoms with Crippen LogP contribution in [0.2, 0.25) is 0 Å². The van der Waals surface area contributed by atoms with Crippen LogP contribution in [0.3, 0.4) is 0 Å². The van der Waals surface area contributed by atoms with E-state index in [1.54, 1.807) is 12.0 Å². The van der Waals surface area contributed by atoms with Crippen LogP contribution < -0.4 is 4.74 Å². The zero-order chi connectivity index (χ0) is 14.9. The highest BCUT2D eigenvalue weighted by Crippen LogP contribution is 2.37. The Kier molecular flexibility index (Phi) is 5.28. The van der Waals surface area contributed by atoms with Crippen LogP contribution in [0.4, 0.5) is 0 Å². The summed E-state index contributed by atoms with van der Waals surface area (Å²) in [6.07, 6.45) is 1.84. The second-order valence-corrected chi connectivity index (χ2v) is 7.33. The van der Waals surface area contributed by atoms with Crippen molar-refractivity contribution in [2.24, 2.45) is 0 Å². The second kappa shape index (κ2) is 6.60. The van der Waals surface area contributed by atoms with Gasteiger partial charge < -0.3 is 4.74 Å². The van der Waals surface area contributed by atoms with Gasteiger partial charge in [-0.15, -0.1) is 0 Å². The zero-order valence-electron chi connectivity index (χ0n) is 10.8. The number of hydrogen-bond acceptors (Lipinski definition) is 4. The first-order valence-corrected chi connectivity index (χ1v) is 8.57. The molecular formula is C13H11Br2NO2S2. The molecule has 0 N–H and O–H groups in total. The average Bonchev–Trinajstić information content (AvgIpc) is 2.63. The Bertz CT molecular complexity index is 593. The van der Waals surface area contributed by atoms with Crippen molar-refractivity contribution >= 4 is 72.1 Å². The lowest BCUT2D eigenvalue weighted by Crippen LogP contribution is -2.27. The van der Waals surface area contributed by atoms with Gasteiger partial charge in [-0.05, 0) is 62.6 Å². The third-order valence-corrected chi connectivity index (χ3v) is 5.27. The van der Waals surface area contributed by atoms with Crippen molar-refractivity contribution in [3.63, 3.8) is 0 Å². The molecule has 0 unspecified atom stereocenters. The van der Waals surface area contributed by atoms with E-state index in [4.69, 9.17) is 17.0 Å². The van der Waals surface area contributed by atoms with E-state index < -0.39 is 0 Å². The molecule has 0 saturated carbocycles. The molecule has 0 radical (unpaired) electrons. The van der Waals surface area contributed by atoms with E-state index in [0.717, 1.165) is 20.3 Å². The van der Waals surface area contributed by atoms with E-state index in [9.17, 15) is 4.79 Å². The average molecular weight is 437 g/mol. The number of rotatable bonds is 3. The molecule has 0 aliphatic carbocycles. The lowest BCUT2D eigenvalue weighted by atomic mass is 10.2. The van der Waals surface area contributed by atoms with Gasteiger partial charge in [0.15, 0.2) is 0 Å². The molecule has 1 aliphatic rings. The monoisotopic (exact) mass is 435 g/mol. The van der Waals surface area contributed by atoms with Gasteiger partial charge in [-0.1, -0.05) is 24.0 Å². The fraction of sp³-hybridized carbons (Fsp3) is 0.231. The molecule has 1 fully saturated rings. The van der Waals surface area contributed by atoms with Crippen LogP contribution in [0.15, 0.2) is 26.0 Å². The molecule has 1 aromatic carbocycles. The van der Waals surface area contributed by atoms with Crippen LogP contribution >= 0.6 is 55.8 Å². The molecule has 2 rings (SSSR count). The fourth-order valence-electron chi connectivity index (χ4n) is 1.78. The van der Waals surface area contributed by atoms with Gasteiger partial charge in [0.05, 0.1) is 21.0 Å². The van der Waals surface area contributed by atoms with Crippen molar-refractivity contribution in [3.8, 4) is 5.75 Å². The number of benzene rings is 1. The molecule has 0 spiro atoms. The maximum Gasteiger partial charge on any atom is 0.266 e. The maximum absolute atomic E-state index is 12.1. The summed E-state index contributed by atoms with van der Waals surface area (Å²) in [5, 5.41) is 0. The first kappa shape index (κ1) is 16.0. The van der Waals surface area contributed by atoms with Crippen LogP contribution in [0.5, 0.6) is 5.75 Å². The highest BCUT2D eigenvalue weighted by molar-refractivity contribution is 9.11. The number of carbonyl (C=O) groups excluding carboxylic acids is 1. The van der Waals surface area contributed by atoms with Crippen LogP contribution in [0.25, 0.3) is 6.08 Å². The topological polar surface area (TPSA) is 29.5 Å². The number of methoxy groups -OCH3 is 1. The summed E-state index contributed by atoms with van der Waals surface area (Å²) >= 11 is 13.4. The zero-order valence-corrected chi connectivity index (χ0v) is 15.6. The smallest absolute Gasteiger partial charge is 0.266 e. The Morgan fingerprint density at radius 3 is 2.45 bits per heavy atom. The van der Waals surface area contributed by atoms with Crippen molar-refractivity contribution in [3.05, 3.63) is 31.5 Å². The number of thioether (sulfide) groups is 1. The number of ether oxygens (including phenoxy) is 1. The number of amides is 1. The SMILES string of the molecule is CCN1C(=O)C(=Cc2cc(Br)c(OC)c(Br)c2)SC1=S. The first-order valence-electron chi connectivity index (χ1n) is 5.76. The summed E-state index contributed by atoms with van der Waals surface area (Å²) in [5.41, 5.74) is 0.904. The van der Waals surface area contributed by atoms with Gasteiger partial charge in [0, 0.05) is 6.54 Å². The highest BCUT2D eigenvalue weighted by atomic mass is 79.9. The van der Waals surface area contributed by atoms with Crippen molar-refractivity contribution in [1.82, 2.24) is 4.90 Å². The predicted octanol–water partition coefficient (Wildman–Crippen LogP) is 4.44. The molecule has 20 heavy (non-hydrogen) atoms. The molecule has 0 aromatic heterocycles. The third-order valence-electron chi connectivity index (χ3n) is 2.71. The first-order chi connectivity index (χ1) is 9.47. The van der Waals surface area contributed by atoms with Crippen molar-refractivity contribution < 1.29 is 9.53 Å². The molecule has 1 saturated heterocycles. The number of carbonyl (C=O) groups is 1. The minimum absolute atomic E-state index is 0.0365. The summed E-state index contributed by atoms with van der Waals surface area (Å²) < 4.78 is 7.52. The minimum atomic E-state index is -0.0365. The summed E-state index contributed by atoms with van der Waals surface area (Å²) in [7, 11) is 1.61. The van der Waals surface area contributed by atoms with E-state index in [1.807, 2.05) is 25.1 Å². The van der Waals surface area contributed by atoms with Crippen LogP contribution in [-0.4, -0.2) is 28.8 Å². The van der Waals surface area contributed by atoms with Gasteiger partial charge in [0.1, 0.15) is 10.1 Å². The quantitative estimate of drug-likeness (QED) is 0.517. The van der Waals surface area contributed by atoms with Gasteiger partial charge >= 0.3 is 0 Å². The highest BCUT2D eigenvalue weighted by Gasteiger charge is 2.30. The van der Waals surface area contributed by atoms with Gasteiger partial charge in [-0.3, -0.25) is 9.69 Å². The maximum atomic E-state index is 12.1. The molecule has 3 nitrogen and oxygen atoms in total. The predicted molar refractivity (Wildman–Crippen MR) is 93.9 cm³/mol. The molecule has 0 bridgehead atoms. The van der Waals surface area contributed by atoms with Gasteiger partial charge in [-0.2, -0.15) is 0 Å². The number of thiocarbonyl (C=S) groups is 1. The molecule has 1 aliphatic heterocycles. The minimum Gasteiger partial charge on any atom is -0.494 e. The summed E-state index contributed by atoms with van der Waals surface area (Å²) in [6, 6.07) is 3.81. The van der Waals surface area contributed by atoms with E-state index in [2.05, 4.69) is 31.9 Å². The number of halogens is 2. The Labute approximate surface area is 144 Å². The van der Waals surface area contributed by atoms with Crippen LogP contribution in [0, 0.1) is 0 Å². The van der Waals surface area contributed by atoms with E-state index in [1.165, 1.54) is 11.8 Å². The van der Waals surface area contributed by atoms with Crippen molar-refractivity contribution in [2.45, 2.75) is 6.92 Å². The molecule has 7 heteroatoms. The third kappa shape index (κ3) is 3.10. The van der Waals surface area contributed by atoms with Gasteiger partial charge in [0.2, 0.25) is 0 Å². The lowest BCUT2D eigenvalue weighted by molar-refractivity contribution is -0.121. The molecule has 1 amide bonds. The van der Waals surface area contributed by atoms with Gasteiger partial charge in [0.25, 0.3) is 5.91 Å². The largest absolute Gasteiger partial charge is 0.494 e. The second-order valence-electron chi connectivity index (χ2n) is 3.94. The Balaban J connectivity index is 2.37. The summed E-state index contributed by atoms with van der Waals surface area (Å²) in [4.78, 5) is 14.4. The fourth-order valence-corrected chi connectivity index (χ4v) is 4.71. The standard InChI is InChI=1S/C13H11Br2NO2S2/c1-3-16-12(17)10(20-13(16)19)6-7-4-8(14)11(18-2)9(15)5-7/h4-6H,3H2,1-2H3. The number of nitrogens with zero attached hydrogens (tertiary/aromatic N) is 1. The molecule has 106 valence electrons. The van der Waals surface area contributed by atoms with Crippen molar-refractivity contribution in [1.29, 1.82) is 0 Å². The molecule has 1 aromatic rings. The molecule has 1 heterocycles. The Morgan fingerprint density at radius 2 is 2.00 bits per heavy atom. The summed E-state index contributed by atoms with van der Waals surface area (Å²) in [5.74, 6) is 0.689. The van der Waals surface area contributed by atoms with E-state index in [-0.39, 0.29) is 5.91 Å². The summed E-state index contributed by atoms with van der Waals surface area (Å²) in [6.45, 7) is 2.51. The van der Waals surface area contributed by atoms with Crippen LogP contribution in [0.1, 0.15) is 12.5 Å². The molecule has 0 atom stereocenters. The Hall–Kier alpha value is -0.370. The lowest BCUT2D eigenvalue weighted by Gasteiger charge is -2.09.